The minimum atomic E-state index is -0.489. The number of carbonyl (C=O) groups is 1. The zero-order valence-electron chi connectivity index (χ0n) is 15.2. The number of aromatic nitrogens is 3. The van der Waals surface area contributed by atoms with E-state index in [1.165, 1.54) is 23.9 Å². The predicted octanol–water partition coefficient (Wildman–Crippen LogP) is 2.97. The molecule has 0 bridgehead atoms. The van der Waals surface area contributed by atoms with Crippen LogP contribution in [0.1, 0.15) is 37.4 Å². The van der Waals surface area contributed by atoms with Crippen LogP contribution in [0.4, 0.5) is 11.4 Å². The van der Waals surface area contributed by atoms with Crippen molar-refractivity contribution in [2.75, 3.05) is 17.7 Å². The van der Waals surface area contributed by atoms with Crippen LogP contribution in [0, 0.1) is 10.1 Å². The molecule has 1 amide bonds. The van der Waals surface area contributed by atoms with Crippen LogP contribution >= 0.6 is 11.8 Å². The third-order valence-electron chi connectivity index (χ3n) is 4.77. The maximum Gasteiger partial charge on any atom is 0.271 e. The molecule has 4 rings (SSSR count). The van der Waals surface area contributed by atoms with Gasteiger partial charge in [0.15, 0.2) is 5.16 Å². The molecular formula is C18H21N5O4S. The maximum atomic E-state index is 12.3. The molecular weight excluding hydrogens is 382 g/mol. The molecule has 1 aliphatic heterocycles. The summed E-state index contributed by atoms with van der Waals surface area (Å²) in [6.07, 6.45) is 4.52. The highest BCUT2D eigenvalue weighted by Gasteiger charge is 2.32. The standard InChI is InChI=1S/C18H21N5O4S/c24-16(19-13-3-1-4-14(9-13)23(25)26)11-28-18-21-20-17(12-6-7-12)22(18)10-15-5-2-8-27-15/h1,3-4,9,12,15H,2,5-8,10-11H2,(H,19,24). The number of nitrogens with zero attached hydrogens (tertiary/aromatic N) is 4. The minimum absolute atomic E-state index is 0.0594. The Morgan fingerprint density at radius 3 is 2.93 bits per heavy atom. The largest absolute Gasteiger partial charge is 0.376 e. The molecule has 2 heterocycles. The van der Waals surface area contributed by atoms with Gasteiger partial charge in [0.1, 0.15) is 5.82 Å². The summed E-state index contributed by atoms with van der Waals surface area (Å²) in [4.78, 5) is 22.7. The number of thioether (sulfide) groups is 1. The third-order valence-corrected chi connectivity index (χ3v) is 5.74. The fourth-order valence-electron chi connectivity index (χ4n) is 3.24. The SMILES string of the molecule is O=C(CSc1nnc(C2CC2)n1CC1CCCO1)Nc1cccc([N+](=O)[O-])c1. The van der Waals surface area contributed by atoms with Gasteiger partial charge in [-0.25, -0.2) is 0 Å². The van der Waals surface area contributed by atoms with Gasteiger partial charge in [0.05, 0.1) is 23.3 Å². The van der Waals surface area contributed by atoms with Gasteiger partial charge in [-0.1, -0.05) is 17.8 Å². The van der Waals surface area contributed by atoms with E-state index in [0.29, 0.717) is 23.3 Å². The second-order valence-corrected chi connectivity index (χ2v) is 7.95. The van der Waals surface area contributed by atoms with Crippen molar-refractivity contribution >= 4 is 29.0 Å². The van der Waals surface area contributed by atoms with Crippen LogP contribution in [-0.4, -0.2) is 44.1 Å². The van der Waals surface area contributed by atoms with E-state index in [9.17, 15) is 14.9 Å². The quantitative estimate of drug-likeness (QED) is 0.410. The molecule has 9 nitrogen and oxygen atoms in total. The fourth-order valence-corrected chi connectivity index (χ4v) is 3.99. The molecule has 1 saturated heterocycles. The van der Waals surface area contributed by atoms with Gasteiger partial charge in [-0.3, -0.25) is 14.9 Å². The zero-order valence-corrected chi connectivity index (χ0v) is 16.1. The predicted molar refractivity (Wildman–Crippen MR) is 103 cm³/mol. The molecule has 1 aromatic heterocycles. The number of non-ortho nitro benzene ring substituents is 1. The van der Waals surface area contributed by atoms with Crippen LogP contribution in [0.2, 0.25) is 0 Å². The first-order chi connectivity index (χ1) is 13.6. The van der Waals surface area contributed by atoms with Crippen molar-refractivity contribution in [2.45, 2.75) is 49.4 Å². The van der Waals surface area contributed by atoms with Crippen LogP contribution in [0.5, 0.6) is 0 Å². The number of hydrogen-bond donors (Lipinski definition) is 1. The summed E-state index contributed by atoms with van der Waals surface area (Å²) in [6.45, 7) is 1.51. The Kier molecular flexibility index (Phi) is 5.58. The number of amides is 1. The van der Waals surface area contributed by atoms with E-state index in [0.717, 1.165) is 38.1 Å². The lowest BCUT2D eigenvalue weighted by atomic mass is 10.2. The molecule has 1 unspecified atom stereocenters. The summed E-state index contributed by atoms with van der Waals surface area (Å²) in [5.41, 5.74) is 0.343. The molecule has 0 spiro atoms. The molecule has 2 fully saturated rings. The maximum absolute atomic E-state index is 12.3. The van der Waals surface area contributed by atoms with Gasteiger partial charge in [0, 0.05) is 30.3 Å². The van der Waals surface area contributed by atoms with Gasteiger partial charge < -0.3 is 14.6 Å². The van der Waals surface area contributed by atoms with E-state index < -0.39 is 4.92 Å². The Morgan fingerprint density at radius 1 is 1.36 bits per heavy atom. The average Bonchev–Trinajstić information content (AvgIpc) is 3.24. The molecule has 1 aliphatic carbocycles. The van der Waals surface area contributed by atoms with E-state index >= 15 is 0 Å². The first-order valence-electron chi connectivity index (χ1n) is 9.32. The molecule has 28 heavy (non-hydrogen) atoms. The lowest BCUT2D eigenvalue weighted by molar-refractivity contribution is -0.384. The Balaban J connectivity index is 1.39. The molecule has 1 N–H and O–H groups in total. The minimum Gasteiger partial charge on any atom is -0.376 e. The Morgan fingerprint density at radius 2 is 2.21 bits per heavy atom. The third kappa shape index (κ3) is 4.50. The molecule has 10 heteroatoms. The molecule has 148 valence electrons. The lowest BCUT2D eigenvalue weighted by Gasteiger charge is -2.14. The number of anilines is 1. The smallest absolute Gasteiger partial charge is 0.271 e. The summed E-state index contributed by atoms with van der Waals surface area (Å²) in [6, 6.07) is 5.90. The van der Waals surface area contributed by atoms with E-state index in [1.807, 2.05) is 0 Å². The van der Waals surface area contributed by atoms with Crippen molar-refractivity contribution in [2.24, 2.45) is 0 Å². The van der Waals surface area contributed by atoms with Crippen molar-refractivity contribution < 1.29 is 14.5 Å². The van der Waals surface area contributed by atoms with E-state index in [4.69, 9.17) is 4.74 Å². The molecule has 1 aromatic carbocycles. The summed E-state index contributed by atoms with van der Waals surface area (Å²) in [7, 11) is 0. The second-order valence-electron chi connectivity index (χ2n) is 7.00. The van der Waals surface area contributed by atoms with Gasteiger partial charge in [0.2, 0.25) is 5.91 Å². The van der Waals surface area contributed by atoms with E-state index in [1.54, 1.807) is 12.1 Å². The van der Waals surface area contributed by atoms with Crippen LogP contribution in [0.3, 0.4) is 0 Å². The number of nitro benzene ring substituents is 1. The highest BCUT2D eigenvalue weighted by molar-refractivity contribution is 7.99. The Labute approximate surface area is 166 Å². The molecule has 1 saturated carbocycles. The molecule has 2 aliphatic rings. The van der Waals surface area contributed by atoms with Gasteiger partial charge in [-0.05, 0) is 31.7 Å². The summed E-state index contributed by atoms with van der Waals surface area (Å²) in [5.74, 6) is 1.35. The second kappa shape index (κ2) is 8.27. The van der Waals surface area contributed by atoms with E-state index in [-0.39, 0.29) is 23.5 Å². The first kappa shape index (κ1) is 18.9. The van der Waals surface area contributed by atoms with Gasteiger partial charge >= 0.3 is 0 Å². The highest BCUT2D eigenvalue weighted by Crippen LogP contribution is 2.40. The van der Waals surface area contributed by atoms with Crippen LogP contribution in [-0.2, 0) is 16.1 Å². The molecule has 0 radical (unpaired) electrons. The van der Waals surface area contributed by atoms with Crippen molar-refractivity contribution in [1.82, 2.24) is 14.8 Å². The van der Waals surface area contributed by atoms with E-state index in [2.05, 4.69) is 20.1 Å². The normalized spacial score (nSPS) is 18.9. The van der Waals surface area contributed by atoms with Crippen LogP contribution < -0.4 is 5.32 Å². The summed E-state index contributed by atoms with van der Waals surface area (Å²) < 4.78 is 7.85. The summed E-state index contributed by atoms with van der Waals surface area (Å²) >= 11 is 1.32. The number of ether oxygens (including phenoxy) is 1. The monoisotopic (exact) mass is 403 g/mol. The highest BCUT2D eigenvalue weighted by atomic mass is 32.2. The number of carbonyl (C=O) groups excluding carboxylic acids is 1. The average molecular weight is 403 g/mol. The lowest BCUT2D eigenvalue weighted by Crippen LogP contribution is -2.19. The van der Waals surface area contributed by atoms with Crippen LogP contribution in [0.25, 0.3) is 0 Å². The van der Waals surface area contributed by atoms with Gasteiger partial charge in [0.25, 0.3) is 5.69 Å². The number of benzene rings is 1. The summed E-state index contributed by atoms with van der Waals surface area (Å²) in [5, 5.41) is 22.9. The zero-order chi connectivity index (χ0) is 19.5. The number of nitro groups is 1. The number of nitrogens with one attached hydrogen (secondary N) is 1. The first-order valence-corrected chi connectivity index (χ1v) is 10.3. The van der Waals surface area contributed by atoms with Crippen molar-refractivity contribution in [3.8, 4) is 0 Å². The Bertz CT molecular complexity index is 877. The van der Waals surface area contributed by atoms with Crippen LogP contribution in [0.15, 0.2) is 29.4 Å². The molecule has 2 aromatic rings. The van der Waals surface area contributed by atoms with Gasteiger partial charge in [-0.2, -0.15) is 0 Å². The van der Waals surface area contributed by atoms with Gasteiger partial charge in [-0.15, -0.1) is 10.2 Å². The number of hydrogen-bond acceptors (Lipinski definition) is 7. The molecule has 1 atom stereocenters. The topological polar surface area (TPSA) is 112 Å². The number of rotatable bonds is 8. The Hall–Kier alpha value is -2.46. The fraction of sp³-hybridized carbons (Fsp3) is 0.500. The van der Waals surface area contributed by atoms with Crippen molar-refractivity contribution in [3.05, 3.63) is 40.2 Å². The van der Waals surface area contributed by atoms with Crippen molar-refractivity contribution in [3.63, 3.8) is 0 Å². The van der Waals surface area contributed by atoms with Crippen molar-refractivity contribution in [1.29, 1.82) is 0 Å².